The van der Waals surface area contributed by atoms with Crippen molar-refractivity contribution in [1.82, 2.24) is 0 Å². The highest BCUT2D eigenvalue weighted by atomic mass is 32.2. The minimum absolute atomic E-state index is 0.186. The summed E-state index contributed by atoms with van der Waals surface area (Å²) in [4.78, 5) is 12.5. The van der Waals surface area contributed by atoms with Gasteiger partial charge in [-0.2, -0.15) is 0 Å². The molecule has 0 aliphatic rings. The van der Waals surface area contributed by atoms with E-state index in [1.54, 1.807) is 42.5 Å². The molecule has 2 aromatic carbocycles. The van der Waals surface area contributed by atoms with Crippen LogP contribution in [0.4, 0.5) is 5.69 Å². The van der Waals surface area contributed by atoms with Crippen LogP contribution in [0.3, 0.4) is 0 Å². The Hall–Kier alpha value is -2.34. The molecule has 0 spiro atoms. The second kappa shape index (κ2) is 6.41. The maximum absolute atomic E-state index is 12.3. The van der Waals surface area contributed by atoms with E-state index >= 15 is 0 Å². The number of hydrogen-bond acceptors (Lipinski definition) is 4. The van der Waals surface area contributed by atoms with Crippen molar-refractivity contribution in [3.05, 3.63) is 54.6 Å². The number of ether oxygens (including phenoxy) is 1. The van der Waals surface area contributed by atoms with Gasteiger partial charge in [0, 0.05) is 5.69 Å². The van der Waals surface area contributed by atoms with E-state index in [1.165, 1.54) is 19.2 Å². The molecule has 0 fully saturated rings. The highest BCUT2D eigenvalue weighted by Crippen LogP contribution is 2.20. The summed E-state index contributed by atoms with van der Waals surface area (Å²) in [5.74, 6) is 0.225. The molecule has 0 aliphatic carbocycles. The van der Waals surface area contributed by atoms with Crippen LogP contribution in [0.1, 0.15) is 0 Å². The second-order valence-corrected chi connectivity index (χ2v) is 6.29. The fourth-order valence-electron chi connectivity index (χ4n) is 1.82. The average molecular weight is 305 g/mol. The van der Waals surface area contributed by atoms with Crippen LogP contribution in [0.5, 0.6) is 5.75 Å². The Labute approximate surface area is 123 Å². The molecule has 0 atom stereocenters. The molecule has 0 aliphatic heterocycles. The van der Waals surface area contributed by atoms with Crippen molar-refractivity contribution in [3.8, 4) is 5.75 Å². The van der Waals surface area contributed by atoms with Crippen LogP contribution >= 0.6 is 0 Å². The maximum atomic E-state index is 12.3. The number of hydrogen-bond donors (Lipinski definition) is 0. The molecule has 6 heteroatoms. The average Bonchev–Trinajstić information content (AvgIpc) is 2.53. The number of methoxy groups -OCH3 is 1. The molecule has 5 nitrogen and oxygen atoms in total. The van der Waals surface area contributed by atoms with Gasteiger partial charge in [-0.05, 0) is 36.4 Å². The Balaban J connectivity index is 2.24. The third kappa shape index (κ3) is 3.61. The van der Waals surface area contributed by atoms with Crippen molar-refractivity contribution < 1.29 is 17.9 Å². The van der Waals surface area contributed by atoms with E-state index in [9.17, 15) is 13.2 Å². The largest absolute Gasteiger partial charge is 0.497 e. The molecule has 2 rings (SSSR count). The van der Waals surface area contributed by atoms with E-state index in [4.69, 9.17) is 4.74 Å². The van der Waals surface area contributed by atoms with Crippen LogP contribution in [-0.2, 0) is 14.6 Å². The summed E-state index contributed by atoms with van der Waals surface area (Å²) in [5, 5.41) is 0. The summed E-state index contributed by atoms with van der Waals surface area (Å²) in [5.41, 5.74) is 0.491. The van der Waals surface area contributed by atoms with Gasteiger partial charge in [-0.25, -0.2) is 8.42 Å². The zero-order valence-electron chi connectivity index (χ0n) is 11.5. The van der Waals surface area contributed by atoms with Crippen molar-refractivity contribution in [2.24, 2.45) is 0 Å². The maximum Gasteiger partial charge on any atom is 0.215 e. The van der Waals surface area contributed by atoms with Crippen LogP contribution < -0.4 is 9.64 Å². The minimum atomic E-state index is -3.57. The Morgan fingerprint density at radius 1 is 1.05 bits per heavy atom. The summed E-state index contributed by atoms with van der Waals surface area (Å²) in [6, 6.07) is 14.6. The van der Waals surface area contributed by atoms with Crippen molar-refractivity contribution in [1.29, 1.82) is 0 Å². The molecule has 0 aromatic heterocycles. The first-order valence-corrected chi connectivity index (χ1v) is 7.86. The Kier molecular flexibility index (Phi) is 4.59. The Morgan fingerprint density at radius 3 is 2.19 bits per heavy atom. The van der Waals surface area contributed by atoms with Crippen molar-refractivity contribution in [2.45, 2.75) is 4.90 Å². The summed E-state index contributed by atoms with van der Waals surface area (Å²) in [6.45, 7) is 0. The van der Waals surface area contributed by atoms with Gasteiger partial charge in [0.15, 0.2) is 9.84 Å². The van der Waals surface area contributed by atoms with Gasteiger partial charge in [-0.15, -0.1) is 0 Å². The number of benzene rings is 2. The van der Waals surface area contributed by atoms with Crippen LogP contribution in [0, 0.1) is 0 Å². The zero-order chi connectivity index (χ0) is 15.3. The van der Waals surface area contributed by atoms with Gasteiger partial charge in [0.1, 0.15) is 11.6 Å². The summed E-state index contributed by atoms with van der Waals surface area (Å²) < 4.78 is 29.6. The summed E-state index contributed by atoms with van der Waals surface area (Å²) in [7, 11) is -2.04. The lowest BCUT2D eigenvalue weighted by atomic mass is 10.3. The van der Waals surface area contributed by atoms with E-state index < -0.39 is 15.7 Å². The molecule has 0 heterocycles. The predicted octanol–water partition coefficient (Wildman–Crippen LogP) is 2.09. The number of sulfone groups is 1. The smallest absolute Gasteiger partial charge is 0.215 e. The van der Waals surface area contributed by atoms with Crippen molar-refractivity contribution in [3.63, 3.8) is 0 Å². The van der Waals surface area contributed by atoms with Crippen LogP contribution in [0.15, 0.2) is 59.5 Å². The van der Waals surface area contributed by atoms with Crippen LogP contribution in [-0.4, -0.2) is 27.8 Å². The molecule has 0 radical (unpaired) electrons. The highest BCUT2D eigenvalue weighted by molar-refractivity contribution is 7.91. The van der Waals surface area contributed by atoms with Gasteiger partial charge in [-0.1, -0.05) is 18.2 Å². The number of carbonyl (C=O) groups is 1. The fourth-order valence-corrected chi connectivity index (χ4v) is 3.12. The normalized spacial score (nSPS) is 10.9. The fraction of sp³-hybridized carbons (Fsp3) is 0.133. The lowest BCUT2D eigenvalue weighted by Crippen LogP contribution is -2.28. The second-order valence-electron chi connectivity index (χ2n) is 4.33. The quantitative estimate of drug-likeness (QED) is 0.767. The van der Waals surface area contributed by atoms with E-state index in [1.807, 2.05) is 0 Å². The SMILES string of the molecule is COc1ccc(N(C=O)CS(=O)(=O)c2ccccc2)cc1. The number of amides is 1. The highest BCUT2D eigenvalue weighted by Gasteiger charge is 2.19. The number of anilines is 1. The first kappa shape index (κ1) is 15.1. The van der Waals surface area contributed by atoms with Crippen LogP contribution in [0.25, 0.3) is 0 Å². The topological polar surface area (TPSA) is 63.7 Å². The van der Waals surface area contributed by atoms with E-state index in [2.05, 4.69) is 0 Å². The first-order chi connectivity index (χ1) is 10.1. The van der Waals surface area contributed by atoms with Gasteiger partial charge < -0.3 is 4.74 Å². The molecule has 110 valence electrons. The predicted molar refractivity (Wildman–Crippen MR) is 80.0 cm³/mol. The molecule has 2 aromatic rings. The van der Waals surface area contributed by atoms with Crippen molar-refractivity contribution in [2.75, 3.05) is 17.9 Å². The monoisotopic (exact) mass is 305 g/mol. The molecular formula is C15H15NO4S. The Morgan fingerprint density at radius 2 is 1.67 bits per heavy atom. The van der Waals surface area contributed by atoms with Gasteiger partial charge >= 0.3 is 0 Å². The van der Waals surface area contributed by atoms with Gasteiger partial charge in [0.25, 0.3) is 0 Å². The molecule has 21 heavy (non-hydrogen) atoms. The summed E-state index contributed by atoms with van der Waals surface area (Å²) >= 11 is 0. The number of carbonyl (C=O) groups excluding carboxylic acids is 1. The standard InChI is InChI=1S/C15H15NO4S/c1-20-14-9-7-13(8-10-14)16(11-17)12-21(18,19)15-5-3-2-4-6-15/h2-11H,12H2,1H3. The third-order valence-corrected chi connectivity index (χ3v) is 4.55. The molecule has 0 saturated carbocycles. The van der Waals surface area contributed by atoms with Crippen molar-refractivity contribution >= 4 is 21.9 Å². The van der Waals surface area contributed by atoms with Gasteiger partial charge in [0.2, 0.25) is 6.41 Å². The van der Waals surface area contributed by atoms with Gasteiger partial charge in [0.05, 0.1) is 12.0 Å². The molecular weight excluding hydrogens is 290 g/mol. The summed E-state index contributed by atoms with van der Waals surface area (Å²) in [6.07, 6.45) is 0.502. The van der Waals surface area contributed by atoms with Gasteiger partial charge in [-0.3, -0.25) is 9.69 Å². The molecule has 1 amide bonds. The third-order valence-electron chi connectivity index (χ3n) is 2.94. The molecule has 0 N–H and O–H groups in total. The lowest BCUT2D eigenvalue weighted by molar-refractivity contribution is -0.107. The molecule has 0 unspecified atom stereocenters. The van der Waals surface area contributed by atoms with E-state index in [-0.39, 0.29) is 4.90 Å². The molecule has 0 bridgehead atoms. The first-order valence-electron chi connectivity index (χ1n) is 6.20. The minimum Gasteiger partial charge on any atom is -0.497 e. The Bertz CT molecular complexity index is 696. The van der Waals surface area contributed by atoms with E-state index in [0.29, 0.717) is 17.8 Å². The van der Waals surface area contributed by atoms with E-state index in [0.717, 1.165) is 4.90 Å². The number of rotatable bonds is 6. The van der Waals surface area contributed by atoms with Crippen LogP contribution in [0.2, 0.25) is 0 Å². The molecule has 0 saturated heterocycles. The number of nitrogens with zero attached hydrogens (tertiary/aromatic N) is 1. The lowest BCUT2D eigenvalue weighted by Gasteiger charge is -2.17. The zero-order valence-corrected chi connectivity index (χ0v) is 12.3.